The van der Waals surface area contributed by atoms with Crippen molar-refractivity contribution in [1.29, 1.82) is 0 Å². The van der Waals surface area contributed by atoms with Crippen molar-refractivity contribution in [2.24, 2.45) is 0 Å². The van der Waals surface area contributed by atoms with Gasteiger partial charge in [-0.05, 0) is 19.8 Å². The van der Waals surface area contributed by atoms with Crippen molar-refractivity contribution >= 4 is 6.03 Å². The fraction of sp³-hybridized carbons (Fsp3) is 0.875. The molecule has 0 unspecified atom stereocenters. The molecule has 1 rings (SSSR count). The van der Waals surface area contributed by atoms with Crippen LogP contribution < -0.4 is 5.48 Å². The lowest BCUT2D eigenvalue weighted by molar-refractivity contribution is -0.00192. The highest BCUT2D eigenvalue weighted by Gasteiger charge is 2.29. The molecule has 1 fully saturated rings. The molecule has 1 aliphatic heterocycles. The van der Waals surface area contributed by atoms with Crippen molar-refractivity contribution in [3.63, 3.8) is 0 Å². The molecule has 13 heavy (non-hydrogen) atoms. The van der Waals surface area contributed by atoms with Crippen LogP contribution in [0.4, 0.5) is 4.79 Å². The molecule has 5 heteroatoms. The van der Waals surface area contributed by atoms with E-state index < -0.39 is 5.60 Å². The maximum Gasteiger partial charge on any atom is 0.341 e. The van der Waals surface area contributed by atoms with Gasteiger partial charge < -0.3 is 10.0 Å². The molecule has 0 atom stereocenters. The zero-order valence-electron chi connectivity index (χ0n) is 8.04. The van der Waals surface area contributed by atoms with Crippen LogP contribution >= 0.6 is 0 Å². The third-order valence-corrected chi connectivity index (χ3v) is 2.32. The van der Waals surface area contributed by atoms with Crippen LogP contribution in [0.3, 0.4) is 0 Å². The Morgan fingerprint density at radius 1 is 1.54 bits per heavy atom. The second-order valence-corrected chi connectivity index (χ2v) is 3.60. The summed E-state index contributed by atoms with van der Waals surface area (Å²) < 4.78 is 0. The first kappa shape index (κ1) is 10.3. The number of amides is 2. The van der Waals surface area contributed by atoms with E-state index in [0.717, 1.165) is 0 Å². The summed E-state index contributed by atoms with van der Waals surface area (Å²) in [5, 5.41) is 9.61. The summed E-state index contributed by atoms with van der Waals surface area (Å²) >= 11 is 0. The molecular weight excluding hydrogens is 172 g/mol. The van der Waals surface area contributed by atoms with Crippen LogP contribution in [0, 0.1) is 0 Å². The average molecular weight is 188 g/mol. The molecule has 0 aliphatic carbocycles. The maximum atomic E-state index is 11.2. The molecule has 0 aromatic carbocycles. The highest BCUT2D eigenvalue weighted by Crippen LogP contribution is 2.20. The molecule has 1 heterocycles. The number of hydrogen-bond donors (Lipinski definition) is 2. The molecular formula is C8H16N2O3. The van der Waals surface area contributed by atoms with E-state index in [0.29, 0.717) is 25.9 Å². The van der Waals surface area contributed by atoms with Gasteiger partial charge in [0.25, 0.3) is 0 Å². The van der Waals surface area contributed by atoms with Gasteiger partial charge in [0.05, 0.1) is 12.7 Å². The number of nitrogens with zero attached hydrogens (tertiary/aromatic N) is 1. The number of hydrogen-bond acceptors (Lipinski definition) is 3. The molecule has 0 spiro atoms. The monoisotopic (exact) mass is 188 g/mol. The number of hydroxylamine groups is 1. The summed E-state index contributed by atoms with van der Waals surface area (Å²) in [6, 6.07) is -0.238. The lowest BCUT2D eigenvalue weighted by atomic mass is 9.94. The zero-order chi connectivity index (χ0) is 9.90. The molecule has 76 valence electrons. The van der Waals surface area contributed by atoms with Gasteiger partial charge in [0, 0.05) is 13.1 Å². The minimum absolute atomic E-state index is 0.238. The quantitative estimate of drug-likeness (QED) is 0.574. The molecule has 0 saturated carbocycles. The second kappa shape index (κ2) is 3.93. The van der Waals surface area contributed by atoms with Crippen molar-refractivity contribution in [2.45, 2.75) is 25.4 Å². The molecule has 1 saturated heterocycles. The third-order valence-electron chi connectivity index (χ3n) is 2.32. The van der Waals surface area contributed by atoms with Crippen molar-refractivity contribution in [3.05, 3.63) is 0 Å². The van der Waals surface area contributed by atoms with Gasteiger partial charge in [0.15, 0.2) is 0 Å². The van der Waals surface area contributed by atoms with E-state index in [4.69, 9.17) is 0 Å². The normalized spacial score (nSPS) is 21.3. The van der Waals surface area contributed by atoms with Gasteiger partial charge in [0.1, 0.15) is 0 Å². The first-order valence-corrected chi connectivity index (χ1v) is 4.35. The standard InChI is InChI=1S/C8H16N2O3/c1-8(12)3-5-10(6-4-8)7(11)9-13-2/h12H,3-6H2,1-2H3,(H,9,11). The molecule has 5 nitrogen and oxygen atoms in total. The first-order valence-electron chi connectivity index (χ1n) is 4.35. The Hall–Kier alpha value is -0.810. The highest BCUT2D eigenvalue weighted by molar-refractivity contribution is 5.73. The summed E-state index contributed by atoms with van der Waals surface area (Å²) in [5.41, 5.74) is 1.63. The molecule has 0 aromatic heterocycles. The molecule has 0 aromatic rings. The minimum atomic E-state index is -0.621. The van der Waals surface area contributed by atoms with Crippen LogP contribution in [0.25, 0.3) is 0 Å². The SMILES string of the molecule is CONC(=O)N1CCC(C)(O)CC1. The van der Waals surface area contributed by atoms with Crippen LogP contribution in [-0.2, 0) is 4.84 Å². The van der Waals surface area contributed by atoms with Crippen LogP contribution in [0.2, 0.25) is 0 Å². The van der Waals surface area contributed by atoms with E-state index in [1.165, 1.54) is 7.11 Å². The largest absolute Gasteiger partial charge is 0.390 e. The van der Waals surface area contributed by atoms with Crippen LogP contribution in [0.1, 0.15) is 19.8 Å². The van der Waals surface area contributed by atoms with E-state index in [9.17, 15) is 9.90 Å². The summed E-state index contributed by atoms with van der Waals surface area (Å²) in [6.07, 6.45) is 1.23. The number of rotatable bonds is 1. The summed E-state index contributed by atoms with van der Waals surface area (Å²) in [6.45, 7) is 2.93. The lowest BCUT2D eigenvalue weighted by Gasteiger charge is -2.35. The predicted molar refractivity (Wildman–Crippen MR) is 47.0 cm³/mol. The van der Waals surface area contributed by atoms with Gasteiger partial charge in [-0.15, -0.1) is 0 Å². The topological polar surface area (TPSA) is 61.8 Å². The molecule has 0 radical (unpaired) electrons. The Labute approximate surface area is 77.6 Å². The number of nitrogens with one attached hydrogen (secondary N) is 1. The Bertz CT molecular complexity index is 184. The fourth-order valence-corrected chi connectivity index (χ4v) is 1.34. The smallest absolute Gasteiger partial charge is 0.341 e. The lowest BCUT2D eigenvalue weighted by Crippen LogP contribution is -2.48. The number of urea groups is 1. The van der Waals surface area contributed by atoms with Gasteiger partial charge in [-0.1, -0.05) is 0 Å². The summed E-state index contributed by atoms with van der Waals surface area (Å²) in [5.74, 6) is 0. The van der Waals surface area contributed by atoms with Crippen molar-refractivity contribution in [2.75, 3.05) is 20.2 Å². The van der Waals surface area contributed by atoms with Crippen LogP contribution in [0.5, 0.6) is 0 Å². The average Bonchev–Trinajstić information content (AvgIpc) is 2.04. The van der Waals surface area contributed by atoms with Crippen LogP contribution in [0.15, 0.2) is 0 Å². The highest BCUT2D eigenvalue weighted by atomic mass is 16.6. The molecule has 2 amide bonds. The predicted octanol–water partition coefficient (Wildman–Crippen LogP) is 0.104. The molecule has 2 N–H and O–H groups in total. The van der Waals surface area contributed by atoms with E-state index in [1.807, 2.05) is 0 Å². The zero-order valence-corrected chi connectivity index (χ0v) is 8.04. The third kappa shape index (κ3) is 2.86. The second-order valence-electron chi connectivity index (χ2n) is 3.60. The minimum Gasteiger partial charge on any atom is -0.390 e. The Morgan fingerprint density at radius 2 is 2.08 bits per heavy atom. The molecule has 0 bridgehead atoms. The van der Waals surface area contributed by atoms with E-state index in [2.05, 4.69) is 10.3 Å². The van der Waals surface area contributed by atoms with Gasteiger partial charge in [-0.3, -0.25) is 4.84 Å². The van der Waals surface area contributed by atoms with Gasteiger partial charge in [-0.25, -0.2) is 10.3 Å². The van der Waals surface area contributed by atoms with Crippen molar-refractivity contribution < 1.29 is 14.7 Å². The van der Waals surface area contributed by atoms with E-state index in [-0.39, 0.29) is 6.03 Å². The maximum absolute atomic E-state index is 11.2. The van der Waals surface area contributed by atoms with E-state index in [1.54, 1.807) is 11.8 Å². The number of carbonyl (C=O) groups is 1. The number of likely N-dealkylation sites (tertiary alicyclic amines) is 1. The first-order chi connectivity index (χ1) is 6.05. The Morgan fingerprint density at radius 3 is 2.54 bits per heavy atom. The van der Waals surface area contributed by atoms with E-state index >= 15 is 0 Å². The summed E-state index contributed by atoms with van der Waals surface area (Å²) in [7, 11) is 1.40. The Kier molecular flexibility index (Phi) is 3.11. The van der Waals surface area contributed by atoms with Gasteiger partial charge >= 0.3 is 6.03 Å². The fourth-order valence-electron chi connectivity index (χ4n) is 1.34. The van der Waals surface area contributed by atoms with Gasteiger partial charge in [0.2, 0.25) is 0 Å². The number of carbonyl (C=O) groups excluding carboxylic acids is 1. The number of piperidine rings is 1. The van der Waals surface area contributed by atoms with Crippen molar-refractivity contribution in [1.82, 2.24) is 10.4 Å². The molecule has 1 aliphatic rings. The van der Waals surface area contributed by atoms with Gasteiger partial charge in [-0.2, -0.15) is 0 Å². The van der Waals surface area contributed by atoms with Crippen molar-refractivity contribution in [3.8, 4) is 0 Å². The Balaban J connectivity index is 2.36. The summed E-state index contributed by atoms with van der Waals surface area (Å²) in [4.78, 5) is 17.3. The number of aliphatic hydroxyl groups is 1. The van der Waals surface area contributed by atoms with Crippen LogP contribution in [-0.4, -0.2) is 41.8 Å².